The fraction of sp³-hybridized carbons (Fsp3) is 0.800. The van der Waals surface area contributed by atoms with Crippen LogP contribution in [0.25, 0.3) is 0 Å². The highest BCUT2D eigenvalue weighted by molar-refractivity contribution is 5.83. The number of carbonyl (C=O) groups excluding carboxylic acids is 1. The standard InChI is InChI=1S/C25H40N4O/c1-16(2)24(30)23-8-6-7-19(11-18(23)5)20-12-26-25(27-13-20)29-21-9-10-22(29)15-28(14-21)17(3)4/h12-13,16-19,21-23H,6-11,14-15H2,1-5H3. The lowest BCUT2D eigenvalue weighted by molar-refractivity contribution is -0.127. The minimum atomic E-state index is 0.142. The number of piperazine rings is 1. The highest BCUT2D eigenvalue weighted by Crippen LogP contribution is 2.39. The van der Waals surface area contributed by atoms with Crippen molar-refractivity contribution in [3.63, 3.8) is 0 Å². The SMILES string of the molecule is CC(C)C(=O)C1CCCC(c2cnc(N3C4CCC3CN(C(C)C)C4)nc2)CC1C. The number of fused-ring (bicyclic) bond motifs is 2. The molecule has 1 aromatic rings. The van der Waals surface area contributed by atoms with Crippen LogP contribution in [0.5, 0.6) is 0 Å². The lowest BCUT2D eigenvalue weighted by Crippen LogP contribution is -2.56. The van der Waals surface area contributed by atoms with Gasteiger partial charge in [-0.05, 0) is 63.4 Å². The third-order valence-electron chi connectivity index (χ3n) is 7.95. The van der Waals surface area contributed by atoms with Crippen molar-refractivity contribution in [3.8, 4) is 0 Å². The normalized spacial score (nSPS) is 32.6. The molecule has 1 saturated carbocycles. The number of rotatable bonds is 5. The minimum Gasteiger partial charge on any atom is -0.332 e. The second kappa shape index (κ2) is 8.94. The molecule has 1 aromatic heterocycles. The van der Waals surface area contributed by atoms with Crippen molar-refractivity contribution >= 4 is 11.7 Å². The minimum absolute atomic E-state index is 0.142. The molecular weight excluding hydrogens is 372 g/mol. The van der Waals surface area contributed by atoms with Gasteiger partial charge in [0.25, 0.3) is 0 Å². The highest BCUT2D eigenvalue weighted by atomic mass is 16.1. The summed E-state index contributed by atoms with van der Waals surface area (Å²) in [5.41, 5.74) is 1.26. The van der Waals surface area contributed by atoms with E-state index in [9.17, 15) is 4.79 Å². The molecule has 0 amide bonds. The maximum Gasteiger partial charge on any atom is 0.225 e. The van der Waals surface area contributed by atoms with Gasteiger partial charge in [0.15, 0.2) is 0 Å². The van der Waals surface area contributed by atoms with Crippen LogP contribution in [-0.2, 0) is 4.79 Å². The Labute approximate surface area is 182 Å². The van der Waals surface area contributed by atoms with Crippen LogP contribution in [-0.4, -0.2) is 51.9 Å². The first-order chi connectivity index (χ1) is 14.3. The Morgan fingerprint density at radius 1 is 1.00 bits per heavy atom. The van der Waals surface area contributed by atoms with Gasteiger partial charge in [-0.15, -0.1) is 0 Å². The summed E-state index contributed by atoms with van der Waals surface area (Å²) in [5.74, 6) is 2.65. The van der Waals surface area contributed by atoms with Crippen molar-refractivity contribution in [1.29, 1.82) is 0 Å². The van der Waals surface area contributed by atoms with Gasteiger partial charge in [-0.2, -0.15) is 0 Å². The molecule has 5 nitrogen and oxygen atoms in total. The van der Waals surface area contributed by atoms with E-state index in [-0.39, 0.29) is 11.8 Å². The van der Waals surface area contributed by atoms with Gasteiger partial charge in [0.1, 0.15) is 5.78 Å². The zero-order chi connectivity index (χ0) is 21.4. The summed E-state index contributed by atoms with van der Waals surface area (Å²) in [4.78, 5) is 27.4. The van der Waals surface area contributed by atoms with Gasteiger partial charge in [0.2, 0.25) is 5.95 Å². The summed E-state index contributed by atoms with van der Waals surface area (Å²) in [5, 5.41) is 0. The van der Waals surface area contributed by atoms with Crippen molar-refractivity contribution in [2.45, 2.75) is 97.2 Å². The van der Waals surface area contributed by atoms with Crippen molar-refractivity contribution in [3.05, 3.63) is 18.0 Å². The predicted molar refractivity (Wildman–Crippen MR) is 122 cm³/mol. The van der Waals surface area contributed by atoms with E-state index in [0.717, 1.165) is 44.7 Å². The fourth-order valence-electron chi connectivity index (χ4n) is 6.11. The Kier molecular flexibility index (Phi) is 6.47. The van der Waals surface area contributed by atoms with E-state index in [1.807, 2.05) is 13.8 Å². The second-order valence-corrected chi connectivity index (χ2v) is 10.7. The summed E-state index contributed by atoms with van der Waals surface area (Å²) >= 11 is 0. The van der Waals surface area contributed by atoms with Crippen LogP contribution in [0.2, 0.25) is 0 Å². The molecule has 2 aliphatic heterocycles. The van der Waals surface area contributed by atoms with E-state index in [1.165, 1.54) is 18.4 Å². The molecule has 5 unspecified atom stereocenters. The molecule has 3 aliphatic rings. The van der Waals surface area contributed by atoms with Crippen molar-refractivity contribution in [2.75, 3.05) is 18.0 Å². The molecule has 30 heavy (non-hydrogen) atoms. The maximum absolute atomic E-state index is 12.6. The third kappa shape index (κ3) is 4.28. The van der Waals surface area contributed by atoms with Crippen molar-refractivity contribution in [1.82, 2.24) is 14.9 Å². The molecule has 2 saturated heterocycles. The lowest BCUT2D eigenvalue weighted by atomic mass is 9.80. The molecule has 166 valence electrons. The summed E-state index contributed by atoms with van der Waals surface area (Å²) in [6, 6.07) is 1.72. The number of hydrogen-bond acceptors (Lipinski definition) is 5. The number of Topliss-reactive ketones (excluding diaryl/α,β-unsaturated/α-hetero) is 1. The van der Waals surface area contributed by atoms with E-state index in [0.29, 0.717) is 35.7 Å². The molecule has 1 aliphatic carbocycles. The predicted octanol–water partition coefficient (Wildman–Crippen LogP) is 4.67. The van der Waals surface area contributed by atoms with E-state index >= 15 is 0 Å². The van der Waals surface area contributed by atoms with Gasteiger partial charge in [-0.3, -0.25) is 9.69 Å². The van der Waals surface area contributed by atoms with Gasteiger partial charge in [0.05, 0.1) is 0 Å². The summed E-state index contributed by atoms with van der Waals surface area (Å²) in [6.45, 7) is 13.2. The van der Waals surface area contributed by atoms with Crippen LogP contribution in [0.15, 0.2) is 12.4 Å². The Balaban J connectivity index is 1.44. The monoisotopic (exact) mass is 412 g/mol. The second-order valence-electron chi connectivity index (χ2n) is 10.7. The largest absolute Gasteiger partial charge is 0.332 e. The number of anilines is 1. The van der Waals surface area contributed by atoms with Crippen LogP contribution in [0.3, 0.4) is 0 Å². The van der Waals surface area contributed by atoms with Crippen molar-refractivity contribution < 1.29 is 4.79 Å². The average molecular weight is 413 g/mol. The zero-order valence-corrected chi connectivity index (χ0v) is 19.6. The van der Waals surface area contributed by atoms with E-state index in [2.05, 4.69) is 43.0 Å². The number of carbonyl (C=O) groups is 1. The van der Waals surface area contributed by atoms with Gasteiger partial charge in [-0.25, -0.2) is 9.97 Å². The smallest absolute Gasteiger partial charge is 0.225 e. The molecule has 5 atom stereocenters. The number of ketones is 1. The van der Waals surface area contributed by atoms with Gasteiger partial charge in [0, 0.05) is 55.4 Å². The first-order valence-corrected chi connectivity index (χ1v) is 12.2. The highest BCUT2D eigenvalue weighted by Gasteiger charge is 2.41. The van der Waals surface area contributed by atoms with Crippen LogP contribution in [0.4, 0.5) is 5.95 Å². The maximum atomic E-state index is 12.6. The first kappa shape index (κ1) is 21.7. The number of nitrogens with zero attached hydrogens (tertiary/aromatic N) is 4. The van der Waals surface area contributed by atoms with Gasteiger partial charge >= 0.3 is 0 Å². The molecule has 0 aromatic carbocycles. The lowest BCUT2D eigenvalue weighted by Gasteiger charge is -2.42. The zero-order valence-electron chi connectivity index (χ0n) is 19.6. The summed E-state index contributed by atoms with van der Waals surface area (Å²) in [7, 11) is 0. The van der Waals surface area contributed by atoms with Crippen LogP contribution in [0.1, 0.15) is 84.6 Å². The van der Waals surface area contributed by atoms with Crippen LogP contribution < -0.4 is 4.90 Å². The molecule has 2 bridgehead atoms. The Bertz CT molecular complexity index is 717. The van der Waals surface area contributed by atoms with E-state index in [4.69, 9.17) is 9.97 Å². The molecule has 0 N–H and O–H groups in total. The molecule has 0 spiro atoms. The molecule has 3 fully saturated rings. The number of hydrogen-bond donors (Lipinski definition) is 0. The molecule has 0 radical (unpaired) electrons. The molecule has 3 heterocycles. The van der Waals surface area contributed by atoms with E-state index < -0.39 is 0 Å². The number of likely N-dealkylation sites (tertiary alicyclic amines) is 1. The topological polar surface area (TPSA) is 49.3 Å². The summed E-state index contributed by atoms with van der Waals surface area (Å²) in [6.07, 6.45) is 11.1. The average Bonchev–Trinajstić information content (AvgIpc) is 2.88. The summed E-state index contributed by atoms with van der Waals surface area (Å²) < 4.78 is 0. The molecule has 4 rings (SSSR count). The number of aromatic nitrogens is 2. The fourth-order valence-corrected chi connectivity index (χ4v) is 6.11. The Morgan fingerprint density at radius 3 is 2.20 bits per heavy atom. The van der Waals surface area contributed by atoms with Crippen LogP contribution >= 0.6 is 0 Å². The molecular formula is C25H40N4O. The van der Waals surface area contributed by atoms with Crippen LogP contribution in [0, 0.1) is 17.8 Å². The quantitative estimate of drug-likeness (QED) is 0.658. The first-order valence-electron chi connectivity index (χ1n) is 12.2. The van der Waals surface area contributed by atoms with Crippen molar-refractivity contribution in [2.24, 2.45) is 17.8 Å². The third-order valence-corrected chi connectivity index (χ3v) is 7.95. The van der Waals surface area contributed by atoms with E-state index in [1.54, 1.807) is 0 Å². The Morgan fingerprint density at radius 2 is 1.63 bits per heavy atom. The van der Waals surface area contributed by atoms with Gasteiger partial charge < -0.3 is 4.90 Å². The van der Waals surface area contributed by atoms with Gasteiger partial charge in [-0.1, -0.05) is 27.2 Å². The molecule has 5 heteroatoms. The Hall–Kier alpha value is -1.49.